The van der Waals surface area contributed by atoms with Crippen LogP contribution in [-0.2, 0) is 16.0 Å². The van der Waals surface area contributed by atoms with E-state index in [1.165, 1.54) is 21.9 Å². The van der Waals surface area contributed by atoms with Crippen LogP contribution in [-0.4, -0.2) is 43.4 Å². The van der Waals surface area contributed by atoms with Gasteiger partial charge < -0.3 is 9.47 Å². The number of rotatable bonds is 3. The van der Waals surface area contributed by atoms with Crippen LogP contribution in [0, 0.1) is 5.82 Å². The van der Waals surface area contributed by atoms with Gasteiger partial charge in [-0.05, 0) is 36.2 Å². The van der Waals surface area contributed by atoms with E-state index in [4.69, 9.17) is 9.47 Å². The van der Waals surface area contributed by atoms with Crippen molar-refractivity contribution in [3.05, 3.63) is 47.1 Å². The van der Waals surface area contributed by atoms with Gasteiger partial charge >= 0.3 is 0 Å². The first-order valence-electron chi connectivity index (χ1n) is 8.00. The highest BCUT2D eigenvalue weighted by atomic mass is 32.1. The highest BCUT2D eigenvalue weighted by molar-refractivity contribution is 7.15. The largest absolute Gasteiger partial charge is 0.379 e. The molecule has 2 aliphatic heterocycles. The van der Waals surface area contributed by atoms with E-state index in [0.717, 1.165) is 51.5 Å². The molecule has 1 unspecified atom stereocenters. The second-order valence-corrected chi connectivity index (χ2v) is 7.44. The summed E-state index contributed by atoms with van der Waals surface area (Å²) in [4.78, 5) is 5.03. The fraction of sp³-hybridized carbons (Fsp3) is 0.444. The Morgan fingerprint density at radius 1 is 1.04 bits per heavy atom. The van der Waals surface area contributed by atoms with Gasteiger partial charge in [-0.3, -0.25) is 4.90 Å². The predicted molar refractivity (Wildman–Crippen MR) is 89.1 cm³/mol. The summed E-state index contributed by atoms with van der Waals surface area (Å²) in [7, 11) is 0. The topological polar surface area (TPSA) is 21.7 Å². The summed E-state index contributed by atoms with van der Waals surface area (Å²) in [5.41, 5.74) is 1.13. The van der Waals surface area contributed by atoms with Gasteiger partial charge in [-0.15, -0.1) is 11.3 Å². The molecule has 1 spiro atoms. The Morgan fingerprint density at radius 2 is 1.83 bits per heavy atom. The summed E-state index contributed by atoms with van der Waals surface area (Å²) in [6.07, 6.45) is 1.04. The zero-order chi connectivity index (χ0) is 15.7. The Balaban J connectivity index is 1.51. The summed E-state index contributed by atoms with van der Waals surface area (Å²) in [5.74, 6) is -0.193. The molecule has 0 radical (unpaired) electrons. The average Bonchev–Trinajstić information content (AvgIpc) is 3.21. The van der Waals surface area contributed by atoms with Crippen LogP contribution in [0.25, 0.3) is 10.4 Å². The molecule has 1 atom stereocenters. The molecule has 2 aromatic rings. The first kappa shape index (κ1) is 15.3. The van der Waals surface area contributed by atoms with Crippen molar-refractivity contribution >= 4 is 11.3 Å². The first-order valence-corrected chi connectivity index (χ1v) is 8.82. The second-order valence-electron chi connectivity index (χ2n) is 6.27. The summed E-state index contributed by atoms with van der Waals surface area (Å²) in [6, 6.07) is 11.0. The monoisotopic (exact) mass is 333 g/mol. The van der Waals surface area contributed by atoms with Crippen molar-refractivity contribution in [3.8, 4) is 10.4 Å². The van der Waals surface area contributed by atoms with E-state index in [1.807, 2.05) is 12.1 Å². The third-order valence-electron chi connectivity index (χ3n) is 4.77. The molecule has 3 nitrogen and oxygen atoms in total. The Hall–Kier alpha value is -1.27. The van der Waals surface area contributed by atoms with Crippen LogP contribution in [0.4, 0.5) is 4.39 Å². The standard InChI is InChI=1S/C18H20FNO2S/c19-15-3-1-14(2-4-15)17-6-5-16(23-17)11-20-8-10-22-13-18(20)7-9-21-12-18/h1-6H,7-13H2. The summed E-state index contributed by atoms with van der Waals surface area (Å²) < 4.78 is 24.4. The van der Waals surface area contributed by atoms with Gasteiger partial charge in [-0.2, -0.15) is 0 Å². The molecule has 0 bridgehead atoms. The van der Waals surface area contributed by atoms with Crippen LogP contribution in [0.3, 0.4) is 0 Å². The number of hydrogen-bond acceptors (Lipinski definition) is 4. The maximum Gasteiger partial charge on any atom is 0.123 e. The van der Waals surface area contributed by atoms with E-state index in [9.17, 15) is 4.39 Å². The van der Waals surface area contributed by atoms with Gasteiger partial charge in [0.25, 0.3) is 0 Å². The zero-order valence-electron chi connectivity index (χ0n) is 13.0. The number of ether oxygens (including phenoxy) is 2. The summed E-state index contributed by atoms with van der Waals surface area (Å²) >= 11 is 1.78. The fourth-order valence-corrected chi connectivity index (χ4v) is 4.42. The minimum Gasteiger partial charge on any atom is -0.379 e. The molecule has 1 aromatic carbocycles. The van der Waals surface area contributed by atoms with Crippen molar-refractivity contribution in [3.63, 3.8) is 0 Å². The van der Waals surface area contributed by atoms with Crippen LogP contribution in [0.1, 0.15) is 11.3 Å². The molecule has 3 heterocycles. The molecule has 23 heavy (non-hydrogen) atoms. The van der Waals surface area contributed by atoms with Crippen molar-refractivity contribution in [1.82, 2.24) is 4.90 Å². The van der Waals surface area contributed by atoms with Crippen molar-refractivity contribution < 1.29 is 13.9 Å². The van der Waals surface area contributed by atoms with Gasteiger partial charge in [0.1, 0.15) is 5.82 Å². The van der Waals surface area contributed by atoms with Gasteiger partial charge in [-0.1, -0.05) is 12.1 Å². The van der Waals surface area contributed by atoms with Crippen LogP contribution in [0.15, 0.2) is 36.4 Å². The third-order valence-corrected chi connectivity index (χ3v) is 5.89. The lowest BCUT2D eigenvalue weighted by Gasteiger charge is -2.43. The van der Waals surface area contributed by atoms with Crippen molar-refractivity contribution in [2.75, 3.05) is 33.0 Å². The highest BCUT2D eigenvalue weighted by Gasteiger charge is 2.43. The fourth-order valence-electron chi connectivity index (χ4n) is 3.39. The van der Waals surface area contributed by atoms with E-state index in [1.54, 1.807) is 11.3 Å². The molecule has 0 saturated carbocycles. The predicted octanol–water partition coefficient (Wildman–Crippen LogP) is 3.55. The second kappa shape index (κ2) is 6.32. The van der Waals surface area contributed by atoms with Crippen LogP contribution in [0.5, 0.6) is 0 Å². The average molecular weight is 333 g/mol. The molecule has 5 heteroatoms. The number of thiophene rings is 1. The molecular weight excluding hydrogens is 313 g/mol. The van der Waals surface area contributed by atoms with E-state index in [0.29, 0.717) is 0 Å². The minimum atomic E-state index is -0.193. The van der Waals surface area contributed by atoms with Gasteiger partial charge in [-0.25, -0.2) is 4.39 Å². The lowest BCUT2D eigenvalue weighted by molar-refractivity contribution is -0.0745. The molecule has 0 aliphatic carbocycles. The van der Waals surface area contributed by atoms with Crippen LogP contribution >= 0.6 is 11.3 Å². The molecular formula is C18H20FNO2S. The van der Waals surface area contributed by atoms with E-state index in [2.05, 4.69) is 17.0 Å². The Morgan fingerprint density at radius 3 is 2.61 bits per heavy atom. The molecule has 2 fully saturated rings. The van der Waals surface area contributed by atoms with Gasteiger partial charge in [0.05, 0.1) is 25.4 Å². The number of morpholine rings is 1. The lowest BCUT2D eigenvalue weighted by atomic mass is 9.96. The van der Waals surface area contributed by atoms with Crippen molar-refractivity contribution in [2.24, 2.45) is 0 Å². The molecule has 4 rings (SSSR count). The molecule has 0 N–H and O–H groups in total. The molecule has 1 aromatic heterocycles. The highest BCUT2D eigenvalue weighted by Crippen LogP contribution is 2.34. The third kappa shape index (κ3) is 3.06. The Kier molecular flexibility index (Phi) is 4.20. The Labute approximate surface area is 139 Å². The number of hydrogen-bond donors (Lipinski definition) is 0. The van der Waals surface area contributed by atoms with Crippen LogP contribution < -0.4 is 0 Å². The van der Waals surface area contributed by atoms with Gasteiger partial charge in [0.15, 0.2) is 0 Å². The minimum absolute atomic E-state index is 0.0538. The van der Waals surface area contributed by atoms with Gasteiger partial charge in [0.2, 0.25) is 0 Å². The van der Waals surface area contributed by atoms with E-state index < -0.39 is 0 Å². The zero-order valence-corrected chi connectivity index (χ0v) is 13.8. The van der Waals surface area contributed by atoms with Crippen molar-refractivity contribution in [1.29, 1.82) is 0 Å². The SMILES string of the molecule is Fc1ccc(-c2ccc(CN3CCOCC34CCOC4)s2)cc1. The smallest absolute Gasteiger partial charge is 0.123 e. The van der Waals surface area contributed by atoms with E-state index in [-0.39, 0.29) is 11.4 Å². The number of benzene rings is 1. The summed E-state index contributed by atoms with van der Waals surface area (Å²) in [5, 5.41) is 0. The molecule has 0 amide bonds. The normalized spacial score (nSPS) is 25.3. The van der Waals surface area contributed by atoms with E-state index >= 15 is 0 Å². The maximum absolute atomic E-state index is 13.1. The quantitative estimate of drug-likeness (QED) is 0.857. The molecule has 2 saturated heterocycles. The first-order chi connectivity index (χ1) is 11.3. The lowest BCUT2D eigenvalue weighted by Crippen LogP contribution is -2.56. The summed E-state index contributed by atoms with van der Waals surface area (Å²) in [6.45, 7) is 5.03. The number of nitrogens with zero attached hydrogens (tertiary/aromatic N) is 1. The van der Waals surface area contributed by atoms with Crippen LogP contribution in [0.2, 0.25) is 0 Å². The van der Waals surface area contributed by atoms with Crippen molar-refractivity contribution in [2.45, 2.75) is 18.5 Å². The van der Waals surface area contributed by atoms with Gasteiger partial charge in [0, 0.05) is 29.5 Å². The molecule has 122 valence electrons. The molecule has 2 aliphatic rings. The Bertz CT molecular complexity index is 664. The number of halogens is 1. The maximum atomic E-state index is 13.1.